The Hall–Kier alpha value is 0.220. The Morgan fingerprint density at radius 2 is 2.25 bits per heavy atom. The van der Waals surface area contributed by atoms with Crippen LogP contribution < -0.4 is 0 Å². The summed E-state index contributed by atoms with van der Waals surface area (Å²) in [7, 11) is 0. The van der Waals surface area contributed by atoms with Crippen molar-refractivity contribution in [2.75, 3.05) is 0 Å². The van der Waals surface area contributed by atoms with Gasteiger partial charge in [-0.25, -0.2) is 0 Å². The molecule has 0 amide bonds. The van der Waals surface area contributed by atoms with E-state index in [4.69, 9.17) is 0 Å². The highest BCUT2D eigenvalue weighted by atomic mass is 79.9. The first-order valence-corrected chi connectivity index (χ1v) is 7.84. The van der Waals surface area contributed by atoms with Crippen LogP contribution >= 0.6 is 15.9 Å². The summed E-state index contributed by atoms with van der Waals surface area (Å²) in [6.07, 6.45) is 8.43. The van der Waals surface area contributed by atoms with Crippen molar-refractivity contribution in [3.63, 3.8) is 0 Å². The number of allylic oxidation sites excluding steroid dienone is 1. The van der Waals surface area contributed by atoms with Crippen LogP contribution in [0.5, 0.6) is 0 Å². The molecule has 4 atom stereocenters. The standard InChI is InChI=1S/C15H25Br/c1-4-11(2)13-7-8-14-12(10-16)6-5-9-15(13,14)3/h10-11,13-14H,4-9H2,1-3H3/b12-10+/t11-,13?,14?,15-/m1/s1. The average Bonchev–Trinajstić information content (AvgIpc) is 2.64. The Morgan fingerprint density at radius 1 is 1.50 bits per heavy atom. The SMILES string of the molecule is CC[C@@H](C)C1CCC2/C(=C/Br)CCC[C@@]21C. The zero-order valence-corrected chi connectivity index (χ0v) is 12.5. The lowest BCUT2D eigenvalue weighted by Gasteiger charge is -2.44. The summed E-state index contributed by atoms with van der Waals surface area (Å²) in [5.74, 6) is 2.74. The Kier molecular flexibility index (Phi) is 3.83. The molecule has 0 radical (unpaired) electrons. The van der Waals surface area contributed by atoms with E-state index in [-0.39, 0.29) is 0 Å². The van der Waals surface area contributed by atoms with E-state index in [1.807, 2.05) is 0 Å². The van der Waals surface area contributed by atoms with Gasteiger partial charge >= 0.3 is 0 Å². The molecule has 0 aromatic carbocycles. The van der Waals surface area contributed by atoms with Crippen LogP contribution in [0.25, 0.3) is 0 Å². The molecule has 0 N–H and O–H groups in total. The molecule has 0 bridgehead atoms. The third-order valence-corrected chi connectivity index (χ3v) is 6.10. The van der Waals surface area contributed by atoms with Crippen LogP contribution in [0.3, 0.4) is 0 Å². The van der Waals surface area contributed by atoms with E-state index in [1.165, 1.54) is 38.5 Å². The molecule has 2 fully saturated rings. The van der Waals surface area contributed by atoms with Crippen molar-refractivity contribution in [3.8, 4) is 0 Å². The highest BCUT2D eigenvalue weighted by Crippen LogP contribution is 2.59. The van der Waals surface area contributed by atoms with Crippen LogP contribution in [0.4, 0.5) is 0 Å². The first-order chi connectivity index (χ1) is 7.63. The van der Waals surface area contributed by atoms with Crippen molar-refractivity contribution in [2.24, 2.45) is 23.2 Å². The minimum absolute atomic E-state index is 0.604. The third kappa shape index (κ3) is 1.89. The molecule has 16 heavy (non-hydrogen) atoms. The lowest BCUT2D eigenvalue weighted by Crippen LogP contribution is -2.35. The summed E-state index contributed by atoms with van der Waals surface area (Å²) in [5.41, 5.74) is 2.30. The number of halogens is 1. The highest BCUT2D eigenvalue weighted by Gasteiger charge is 2.50. The largest absolute Gasteiger partial charge is 0.0651 e. The third-order valence-electron chi connectivity index (χ3n) is 5.51. The smallest absolute Gasteiger partial charge is 0.0138 e. The number of hydrogen-bond donors (Lipinski definition) is 0. The van der Waals surface area contributed by atoms with Gasteiger partial charge in [0.05, 0.1) is 0 Å². The summed E-state index contributed by atoms with van der Waals surface area (Å²) >= 11 is 3.58. The summed E-state index contributed by atoms with van der Waals surface area (Å²) in [5, 5.41) is 0. The molecule has 2 aliphatic rings. The summed E-state index contributed by atoms with van der Waals surface area (Å²) in [4.78, 5) is 2.23. The maximum Gasteiger partial charge on any atom is -0.0138 e. The maximum absolute atomic E-state index is 3.58. The Morgan fingerprint density at radius 3 is 2.88 bits per heavy atom. The highest BCUT2D eigenvalue weighted by molar-refractivity contribution is 9.11. The number of rotatable bonds is 2. The van der Waals surface area contributed by atoms with Gasteiger partial charge in [-0.15, -0.1) is 0 Å². The summed E-state index contributed by atoms with van der Waals surface area (Å²) < 4.78 is 0. The van der Waals surface area contributed by atoms with Crippen molar-refractivity contribution in [3.05, 3.63) is 10.6 Å². The average molecular weight is 285 g/mol. The molecular weight excluding hydrogens is 260 g/mol. The topological polar surface area (TPSA) is 0 Å². The zero-order valence-electron chi connectivity index (χ0n) is 10.9. The number of fused-ring (bicyclic) bond motifs is 1. The molecule has 0 saturated heterocycles. The van der Waals surface area contributed by atoms with Crippen LogP contribution in [0.15, 0.2) is 10.6 Å². The van der Waals surface area contributed by atoms with Crippen molar-refractivity contribution in [2.45, 2.75) is 59.3 Å². The van der Waals surface area contributed by atoms with Gasteiger partial charge in [0.2, 0.25) is 0 Å². The van der Waals surface area contributed by atoms with Gasteiger partial charge in [-0.05, 0) is 60.3 Å². The Balaban J connectivity index is 2.23. The molecule has 0 aliphatic heterocycles. The molecule has 1 heteroatoms. The molecule has 0 aromatic heterocycles. The van der Waals surface area contributed by atoms with Gasteiger partial charge < -0.3 is 0 Å². The van der Waals surface area contributed by atoms with E-state index in [1.54, 1.807) is 5.57 Å². The molecule has 0 nitrogen and oxygen atoms in total. The van der Waals surface area contributed by atoms with E-state index >= 15 is 0 Å². The first-order valence-electron chi connectivity index (χ1n) is 6.92. The molecule has 0 aromatic rings. The first kappa shape index (κ1) is 12.7. The van der Waals surface area contributed by atoms with E-state index < -0.39 is 0 Å². The normalized spacial score (nSPS) is 43.4. The molecular formula is C15H25Br. The van der Waals surface area contributed by atoms with Gasteiger partial charge in [-0.3, -0.25) is 0 Å². The van der Waals surface area contributed by atoms with Gasteiger partial charge in [0.25, 0.3) is 0 Å². The van der Waals surface area contributed by atoms with Crippen molar-refractivity contribution < 1.29 is 0 Å². The van der Waals surface area contributed by atoms with Crippen LogP contribution in [0.1, 0.15) is 59.3 Å². The summed E-state index contributed by atoms with van der Waals surface area (Å²) in [6, 6.07) is 0. The molecule has 92 valence electrons. The van der Waals surface area contributed by atoms with E-state index in [0.29, 0.717) is 5.41 Å². The van der Waals surface area contributed by atoms with Gasteiger partial charge in [0, 0.05) is 0 Å². The van der Waals surface area contributed by atoms with Crippen molar-refractivity contribution in [1.29, 1.82) is 0 Å². The molecule has 0 spiro atoms. The number of hydrogen-bond acceptors (Lipinski definition) is 0. The van der Waals surface area contributed by atoms with E-state index in [9.17, 15) is 0 Å². The van der Waals surface area contributed by atoms with Crippen LogP contribution in [-0.2, 0) is 0 Å². The second kappa shape index (κ2) is 4.84. The van der Waals surface area contributed by atoms with Gasteiger partial charge in [-0.2, -0.15) is 0 Å². The molecule has 2 aliphatic carbocycles. The fraction of sp³-hybridized carbons (Fsp3) is 0.867. The second-order valence-electron chi connectivity index (χ2n) is 6.17. The quantitative estimate of drug-likeness (QED) is 0.626. The molecule has 2 rings (SSSR count). The molecule has 0 heterocycles. The van der Waals surface area contributed by atoms with Crippen LogP contribution in [-0.4, -0.2) is 0 Å². The van der Waals surface area contributed by atoms with Crippen molar-refractivity contribution >= 4 is 15.9 Å². The monoisotopic (exact) mass is 284 g/mol. The fourth-order valence-corrected chi connectivity index (χ4v) is 4.98. The molecule has 2 unspecified atom stereocenters. The molecule has 2 saturated carbocycles. The lowest BCUT2D eigenvalue weighted by atomic mass is 9.61. The van der Waals surface area contributed by atoms with E-state index in [0.717, 1.165) is 17.8 Å². The van der Waals surface area contributed by atoms with Gasteiger partial charge in [0.15, 0.2) is 0 Å². The van der Waals surface area contributed by atoms with Gasteiger partial charge in [0.1, 0.15) is 0 Å². The van der Waals surface area contributed by atoms with Gasteiger partial charge in [-0.1, -0.05) is 48.7 Å². The Bertz CT molecular complexity index is 281. The lowest BCUT2D eigenvalue weighted by molar-refractivity contribution is 0.0963. The fourth-order valence-electron chi connectivity index (χ4n) is 4.43. The predicted octanol–water partition coefficient (Wildman–Crippen LogP) is 5.53. The minimum atomic E-state index is 0.604. The van der Waals surface area contributed by atoms with Crippen molar-refractivity contribution in [1.82, 2.24) is 0 Å². The predicted molar refractivity (Wildman–Crippen MR) is 74.6 cm³/mol. The Labute approximate surface area is 109 Å². The second-order valence-corrected chi connectivity index (χ2v) is 6.62. The van der Waals surface area contributed by atoms with Crippen LogP contribution in [0, 0.1) is 23.2 Å². The maximum atomic E-state index is 3.58. The summed E-state index contributed by atoms with van der Waals surface area (Å²) in [6.45, 7) is 7.38. The van der Waals surface area contributed by atoms with Crippen LogP contribution in [0.2, 0.25) is 0 Å². The zero-order chi connectivity index (χ0) is 11.8. The minimum Gasteiger partial charge on any atom is -0.0651 e. The van der Waals surface area contributed by atoms with E-state index in [2.05, 4.69) is 41.7 Å².